The zero-order chi connectivity index (χ0) is 14.1. The fourth-order valence-corrected chi connectivity index (χ4v) is 2.15. The smallest absolute Gasteiger partial charge is 0.227 e. The van der Waals surface area contributed by atoms with E-state index in [9.17, 15) is 4.79 Å². The van der Waals surface area contributed by atoms with Crippen LogP contribution in [-0.2, 0) is 4.79 Å². The molecule has 100 valence electrons. The van der Waals surface area contributed by atoms with Crippen molar-refractivity contribution in [3.8, 4) is 11.5 Å². The number of nitrogens with zero attached hydrogens (tertiary/aromatic N) is 1. The van der Waals surface area contributed by atoms with E-state index in [1.165, 1.54) is 0 Å². The second-order valence-corrected chi connectivity index (χ2v) is 5.11. The molecule has 0 saturated carbocycles. The van der Waals surface area contributed by atoms with Gasteiger partial charge in [-0.2, -0.15) is 0 Å². The summed E-state index contributed by atoms with van der Waals surface area (Å²) in [6.45, 7) is 1.86. The molecule has 3 aromatic rings. The molecule has 0 N–H and O–H groups in total. The van der Waals surface area contributed by atoms with Gasteiger partial charge in [0.2, 0.25) is 5.89 Å². The van der Waals surface area contributed by atoms with Gasteiger partial charge in [0.1, 0.15) is 11.8 Å². The van der Waals surface area contributed by atoms with Crippen LogP contribution in [0.1, 0.15) is 18.4 Å². The van der Waals surface area contributed by atoms with Gasteiger partial charge >= 0.3 is 0 Å². The highest BCUT2D eigenvalue weighted by Crippen LogP contribution is 2.27. The van der Waals surface area contributed by atoms with Crippen molar-refractivity contribution in [3.05, 3.63) is 53.1 Å². The number of rotatable bonds is 3. The monoisotopic (exact) mass is 285 g/mol. The van der Waals surface area contributed by atoms with Crippen LogP contribution in [0.5, 0.6) is 0 Å². The first-order valence-corrected chi connectivity index (χ1v) is 6.67. The molecular weight excluding hydrogens is 274 g/mol. The SMILES string of the molecule is CC(C=O)c1ccc2oc(-c3ccc(Cl)cc3)nc2c1. The van der Waals surface area contributed by atoms with Crippen molar-refractivity contribution >= 4 is 29.0 Å². The van der Waals surface area contributed by atoms with Gasteiger partial charge < -0.3 is 9.21 Å². The first-order valence-electron chi connectivity index (χ1n) is 6.29. The number of carbonyl (C=O) groups is 1. The number of carbonyl (C=O) groups excluding carboxylic acids is 1. The molecule has 1 atom stereocenters. The highest BCUT2D eigenvalue weighted by atomic mass is 35.5. The molecule has 0 aliphatic rings. The Morgan fingerprint density at radius 1 is 1.20 bits per heavy atom. The summed E-state index contributed by atoms with van der Waals surface area (Å²) in [5.41, 5.74) is 3.26. The Labute approximate surface area is 121 Å². The number of halogens is 1. The topological polar surface area (TPSA) is 43.1 Å². The molecule has 1 heterocycles. The van der Waals surface area contributed by atoms with Gasteiger partial charge in [-0.1, -0.05) is 24.6 Å². The van der Waals surface area contributed by atoms with E-state index in [2.05, 4.69) is 4.98 Å². The van der Waals surface area contributed by atoms with Gasteiger partial charge in [-0.05, 0) is 42.0 Å². The van der Waals surface area contributed by atoms with Crippen LogP contribution in [0.25, 0.3) is 22.6 Å². The average Bonchev–Trinajstić information content (AvgIpc) is 2.90. The number of hydrogen-bond donors (Lipinski definition) is 0. The lowest BCUT2D eigenvalue weighted by molar-refractivity contribution is -0.108. The minimum absolute atomic E-state index is 0.143. The summed E-state index contributed by atoms with van der Waals surface area (Å²) < 4.78 is 5.72. The van der Waals surface area contributed by atoms with Gasteiger partial charge in [0.25, 0.3) is 0 Å². The van der Waals surface area contributed by atoms with Crippen LogP contribution in [0.15, 0.2) is 46.9 Å². The molecular formula is C16H12ClNO2. The number of aldehydes is 1. The highest BCUT2D eigenvalue weighted by molar-refractivity contribution is 6.30. The third-order valence-corrected chi connectivity index (χ3v) is 3.48. The van der Waals surface area contributed by atoms with Gasteiger partial charge in [0.15, 0.2) is 5.58 Å². The maximum atomic E-state index is 10.8. The summed E-state index contributed by atoms with van der Waals surface area (Å²) in [5.74, 6) is 0.405. The Morgan fingerprint density at radius 2 is 1.95 bits per heavy atom. The molecule has 4 heteroatoms. The van der Waals surface area contributed by atoms with Crippen molar-refractivity contribution in [1.82, 2.24) is 4.98 Å². The fraction of sp³-hybridized carbons (Fsp3) is 0.125. The van der Waals surface area contributed by atoms with Crippen LogP contribution in [0, 0.1) is 0 Å². The van der Waals surface area contributed by atoms with Gasteiger partial charge in [-0.15, -0.1) is 0 Å². The Hall–Kier alpha value is -2.13. The minimum atomic E-state index is -0.143. The van der Waals surface area contributed by atoms with Crippen LogP contribution < -0.4 is 0 Å². The van der Waals surface area contributed by atoms with Gasteiger partial charge in [0, 0.05) is 16.5 Å². The van der Waals surface area contributed by atoms with Gasteiger partial charge in [-0.25, -0.2) is 4.98 Å². The van der Waals surface area contributed by atoms with Crippen molar-refractivity contribution in [2.24, 2.45) is 0 Å². The first kappa shape index (κ1) is 12.9. The standard InChI is InChI=1S/C16H12ClNO2/c1-10(9-19)12-4-7-15-14(8-12)18-16(20-15)11-2-5-13(17)6-3-11/h2-10H,1H3. The number of hydrogen-bond acceptors (Lipinski definition) is 3. The molecule has 1 unspecified atom stereocenters. The Balaban J connectivity index is 2.06. The molecule has 1 aromatic heterocycles. The van der Waals surface area contributed by atoms with E-state index < -0.39 is 0 Å². The van der Waals surface area contributed by atoms with E-state index >= 15 is 0 Å². The molecule has 20 heavy (non-hydrogen) atoms. The fourth-order valence-electron chi connectivity index (χ4n) is 2.02. The number of oxazole rings is 1. The molecule has 3 rings (SSSR count). The zero-order valence-electron chi connectivity index (χ0n) is 10.8. The van der Waals surface area contributed by atoms with E-state index in [-0.39, 0.29) is 5.92 Å². The quantitative estimate of drug-likeness (QED) is 0.668. The minimum Gasteiger partial charge on any atom is -0.436 e. The molecule has 0 bridgehead atoms. The maximum absolute atomic E-state index is 10.8. The van der Waals surface area contributed by atoms with Crippen molar-refractivity contribution < 1.29 is 9.21 Å². The van der Waals surface area contributed by atoms with Crippen LogP contribution in [-0.4, -0.2) is 11.3 Å². The second kappa shape index (κ2) is 5.10. The van der Waals surface area contributed by atoms with Gasteiger partial charge in [0.05, 0.1) is 0 Å². The Morgan fingerprint density at radius 3 is 2.65 bits per heavy atom. The summed E-state index contributed by atoms with van der Waals surface area (Å²) in [6.07, 6.45) is 0.918. The van der Waals surface area contributed by atoms with E-state index in [0.717, 1.165) is 22.9 Å². The summed E-state index contributed by atoms with van der Waals surface area (Å²) >= 11 is 5.87. The Bertz CT molecular complexity index is 762. The lowest BCUT2D eigenvalue weighted by Gasteiger charge is -2.01. The molecule has 0 aliphatic carbocycles. The third-order valence-electron chi connectivity index (χ3n) is 3.23. The summed E-state index contributed by atoms with van der Waals surface area (Å²) in [4.78, 5) is 15.3. The lowest BCUT2D eigenvalue weighted by Crippen LogP contribution is -1.93. The molecule has 0 aliphatic heterocycles. The predicted molar refractivity (Wildman–Crippen MR) is 78.9 cm³/mol. The molecule has 0 spiro atoms. The summed E-state index contributed by atoms with van der Waals surface area (Å²) in [5, 5.41) is 0.673. The Kier molecular flexibility index (Phi) is 3.28. The lowest BCUT2D eigenvalue weighted by atomic mass is 10.0. The normalized spacial score (nSPS) is 12.5. The number of fused-ring (bicyclic) bond motifs is 1. The van der Waals surface area contributed by atoms with Crippen molar-refractivity contribution in [1.29, 1.82) is 0 Å². The van der Waals surface area contributed by atoms with E-state index in [1.54, 1.807) is 12.1 Å². The highest BCUT2D eigenvalue weighted by Gasteiger charge is 2.11. The van der Waals surface area contributed by atoms with Crippen molar-refractivity contribution in [2.75, 3.05) is 0 Å². The third kappa shape index (κ3) is 2.32. The van der Waals surface area contributed by atoms with E-state index in [0.29, 0.717) is 16.5 Å². The second-order valence-electron chi connectivity index (χ2n) is 4.68. The van der Waals surface area contributed by atoms with Crippen LogP contribution in [0.4, 0.5) is 0 Å². The largest absolute Gasteiger partial charge is 0.436 e. The number of aromatic nitrogens is 1. The molecule has 0 saturated heterocycles. The van der Waals surface area contributed by atoms with Crippen LogP contribution in [0.2, 0.25) is 5.02 Å². The van der Waals surface area contributed by atoms with E-state index in [4.69, 9.17) is 16.0 Å². The maximum Gasteiger partial charge on any atom is 0.227 e. The summed E-state index contributed by atoms with van der Waals surface area (Å²) in [7, 11) is 0. The average molecular weight is 286 g/mol. The van der Waals surface area contributed by atoms with Gasteiger partial charge in [-0.3, -0.25) is 0 Å². The zero-order valence-corrected chi connectivity index (χ0v) is 11.6. The van der Waals surface area contributed by atoms with E-state index in [1.807, 2.05) is 37.3 Å². The molecule has 2 aromatic carbocycles. The molecule has 0 radical (unpaired) electrons. The van der Waals surface area contributed by atoms with Crippen LogP contribution >= 0.6 is 11.6 Å². The summed E-state index contributed by atoms with van der Waals surface area (Å²) in [6, 6.07) is 12.9. The number of benzene rings is 2. The van der Waals surface area contributed by atoms with Crippen molar-refractivity contribution in [3.63, 3.8) is 0 Å². The van der Waals surface area contributed by atoms with Crippen molar-refractivity contribution in [2.45, 2.75) is 12.8 Å². The molecule has 0 amide bonds. The molecule has 0 fully saturated rings. The van der Waals surface area contributed by atoms with Crippen LogP contribution in [0.3, 0.4) is 0 Å². The first-order chi connectivity index (χ1) is 9.67. The predicted octanol–water partition coefficient (Wildman–Crippen LogP) is 4.45. The molecule has 3 nitrogen and oxygen atoms in total.